The number of ether oxygens (including phenoxy) is 2. The fraction of sp³-hybridized carbons (Fsp3) is 0.375. The lowest BCUT2D eigenvalue weighted by atomic mass is 10.2. The average Bonchev–Trinajstić information content (AvgIpc) is 3.21. The summed E-state index contributed by atoms with van der Waals surface area (Å²) >= 11 is 0. The van der Waals surface area contributed by atoms with Gasteiger partial charge in [0.15, 0.2) is 11.6 Å². The van der Waals surface area contributed by atoms with E-state index >= 15 is 0 Å². The minimum atomic E-state index is -0.478. The minimum Gasteiger partial charge on any atom is -0.376 e. The van der Waals surface area contributed by atoms with Gasteiger partial charge in [0.05, 0.1) is 32.8 Å². The third kappa shape index (κ3) is 3.37. The standard InChI is InChI=1S/C16H18N6O3/c17-13(23)7-14-20-16(12-2-1-10-3-4-18-15(10)19-12)22(21-14)8-11-9-24-5-6-25-11/h1-4,11H,5-9H2,(H2,17,23)(H,18,19). The Balaban J connectivity index is 1.70. The monoisotopic (exact) mass is 342 g/mol. The Morgan fingerprint density at radius 2 is 2.24 bits per heavy atom. The Bertz CT molecular complexity index is 896. The van der Waals surface area contributed by atoms with E-state index in [0.717, 1.165) is 11.0 Å². The van der Waals surface area contributed by atoms with E-state index in [1.165, 1.54) is 0 Å². The summed E-state index contributed by atoms with van der Waals surface area (Å²) in [6.45, 7) is 2.10. The Kier molecular flexibility index (Phi) is 4.16. The van der Waals surface area contributed by atoms with Gasteiger partial charge in [-0.25, -0.2) is 14.6 Å². The van der Waals surface area contributed by atoms with Crippen LogP contribution in [-0.2, 0) is 27.2 Å². The zero-order valence-corrected chi connectivity index (χ0v) is 13.5. The Morgan fingerprint density at radius 3 is 3.04 bits per heavy atom. The van der Waals surface area contributed by atoms with Gasteiger partial charge in [0.25, 0.3) is 0 Å². The number of hydrogen-bond acceptors (Lipinski definition) is 6. The molecule has 1 saturated heterocycles. The Labute approximate surface area is 143 Å². The third-order valence-corrected chi connectivity index (χ3v) is 3.95. The minimum absolute atomic E-state index is 0.0211. The number of nitrogens with zero attached hydrogens (tertiary/aromatic N) is 4. The molecule has 0 radical (unpaired) electrons. The lowest BCUT2D eigenvalue weighted by Crippen LogP contribution is -2.32. The first-order chi connectivity index (χ1) is 12.2. The number of nitrogens with one attached hydrogen (secondary N) is 1. The van der Waals surface area contributed by atoms with Crippen molar-refractivity contribution in [2.75, 3.05) is 19.8 Å². The van der Waals surface area contributed by atoms with Crippen LogP contribution in [0.1, 0.15) is 5.82 Å². The van der Waals surface area contributed by atoms with Gasteiger partial charge in [0.1, 0.15) is 17.4 Å². The number of aromatic amines is 1. The Hall–Kier alpha value is -2.78. The van der Waals surface area contributed by atoms with Crippen molar-refractivity contribution in [2.45, 2.75) is 19.1 Å². The molecule has 25 heavy (non-hydrogen) atoms. The number of pyridine rings is 1. The second-order valence-electron chi connectivity index (χ2n) is 5.86. The zero-order chi connectivity index (χ0) is 17.2. The summed E-state index contributed by atoms with van der Waals surface area (Å²) in [5.74, 6) is 0.461. The number of aromatic nitrogens is 5. The highest BCUT2D eigenvalue weighted by molar-refractivity contribution is 5.78. The molecule has 1 amide bonds. The number of primary amides is 1. The smallest absolute Gasteiger partial charge is 0.225 e. The van der Waals surface area contributed by atoms with E-state index < -0.39 is 5.91 Å². The molecule has 3 aromatic rings. The maximum absolute atomic E-state index is 11.2. The molecule has 0 aromatic carbocycles. The lowest BCUT2D eigenvalue weighted by molar-refractivity contribution is -0.117. The topological polar surface area (TPSA) is 121 Å². The number of nitrogens with two attached hydrogens (primary N) is 1. The molecule has 0 aliphatic carbocycles. The molecular weight excluding hydrogens is 324 g/mol. The summed E-state index contributed by atoms with van der Waals surface area (Å²) in [7, 11) is 0. The maximum atomic E-state index is 11.2. The van der Waals surface area contributed by atoms with Crippen molar-refractivity contribution in [3.8, 4) is 11.5 Å². The van der Waals surface area contributed by atoms with E-state index in [9.17, 15) is 4.79 Å². The predicted molar refractivity (Wildman–Crippen MR) is 88.6 cm³/mol. The fourth-order valence-corrected chi connectivity index (χ4v) is 2.83. The molecule has 1 atom stereocenters. The summed E-state index contributed by atoms with van der Waals surface area (Å²) < 4.78 is 12.8. The highest BCUT2D eigenvalue weighted by Crippen LogP contribution is 2.20. The van der Waals surface area contributed by atoms with Gasteiger partial charge in [-0.3, -0.25) is 4.79 Å². The number of hydrogen-bond donors (Lipinski definition) is 2. The number of carbonyl (C=O) groups excluding carboxylic acids is 1. The van der Waals surface area contributed by atoms with Crippen LogP contribution < -0.4 is 5.73 Å². The van der Waals surface area contributed by atoms with Crippen LogP contribution in [0.5, 0.6) is 0 Å². The van der Waals surface area contributed by atoms with Crippen LogP contribution in [0.2, 0.25) is 0 Å². The normalized spacial score (nSPS) is 17.8. The van der Waals surface area contributed by atoms with E-state index in [1.54, 1.807) is 4.68 Å². The average molecular weight is 342 g/mol. The maximum Gasteiger partial charge on any atom is 0.225 e. The summed E-state index contributed by atoms with van der Waals surface area (Å²) in [5.41, 5.74) is 6.70. The van der Waals surface area contributed by atoms with Crippen LogP contribution in [0.25, 0.3) is 22.6 Å². The molecule has 4 heterocycles. The zero-order valence-electron chi connectivity index (χ0n) is 13.5. The summed E-state index contributed by atoms with van der Waals surface area (Å²) in [6.07, 6.45) is 1.69. The van der Waals surface area contributed by atoms with Gasteiger partial charge >= 0.3 is 0 Å². The molecule has 9 heteroatoms. The predicted octanol–water partition coefficient (Wildman–Crippen LogP) is 0.265. The van der Waals surface area contributed by atoms with Gasteiger partial charge in [0.2, 0.25) is 5.91 Å². The number of fused-ring (bicyclic) bond motifs is 1. The molecule has 3 aromatic heterocycles. The fourth-order valence-electron chi connectivity index (χ4n) is 2.83. The first-order valence-electron chi connectivity index (χ1n) is 8.05. The van der Waals surface area contributed by atoms with E-state index in [2.05, 4.69) is 20.1 Å². The molecule has 0 saturated carbocycles. The van der Waals surface area contributed by atoms with Crippen molar-refractivity contribution in [3.05, 3.63) is 30.2 Å². The Morgan fingerprint density at radius 1 is 1.32 bits per heavy atom. The van der Waals surface area contributed by atoms with Crippen LogP contribution in [0.15, 0.2) is 24.4 Å². The van der Waals surface area contributed by atoms with Crippen LogP contribution in [-0.4, -0.2) is 56.6 Å². The molecule has 0 bridgehead atoms. The van der Waals surface area contributed by atoms with Crippen molar-refractivity contribution in [1.29, 1.82) is 0 Å². The molecule has 1 aliphatic rings. The van der Waals surface area contributed by atoms with Gasteiger partial charge < -0.3 is 20.2 Å². The quantitative estimate of drug-likeness (QED) is 0.686. The van der Waals surface area contributed by atoms with Crippen molar-refractivity contribution >= 4 is 16.9 Å². The summed E-state index contributed by atoms with van der Waals surface area (Å²) in [6, 6.07) is 5.78. The van der Waals surface area contributed by atoms with E-state index in [4.69, 9.17) is 15.2 Å². The highest BCUT2D eigenvalue weighted by atomic mass is 16.6. The van der Waals surface area contributed by atoms with Gasteiger partial charge in [-0.2, -0.15) is 5.10 Å². The first-order valence-corrected chi connectivity index (χ1v) is 8.05. The van der Waals surface area contributed by atoms with Crippen molar-refractivity contribution in [1.82, 2.24) is 24.7 Å². The molecule has 130 valence electrons. The lowest BCUT2D eigenvalue weighted by Gasteiger charge is -2.23. The summed E-state index contributed by atoms with van der Waals surface area (Å²) in [5, 5.41) is 5.42. The van der Waals surface area contributed by atoms with E-state index in [1.807, 2.05) is 24.4 Å². The first kappa shape index (κ1) is 15.7. The van der Waals surface area contributed by atoms with Crippen LogP contribution in [0, 0.1) is 0 Å². The molecule has 1 aliphatic heterocycles. The largest absolute Gasteiger partial charge is 0.376 e. The third-order valence-electron chi connectivity index (χ3n) is 3.95. The van der Waals surface area contributed by atoms with Crippen LogP contribution in [0.3, 0.4) is 0 Å². The van der Waals surface area contributed by atoms with E-state index in [-0.39, 0.29) is 12.5 Å². The SMILES string of the molecule is NC(=O)Cc1nc(-c2ccc3cc[nH]c3n2)n(CC2COCCO2)n1. The molecule has 0 spiro atoms. The van der Waals surface area contributed by atoms with Crippen molar-refractivity contribution in [2.24, 2.45) is 5.73 Å². The van der Waals surface area contributed by atoms with Gasteiger partial charge in [-0.1, -0.05) is 0 Å². The second-order valence-corrected chi connectivity index (χ2v) is 5.86. The molecule has 4 rings (SSSR count). The number of rotatable bonds is 5. The van der Waals surface area contributed by atoms with Crippen LogP contribution >= 0.6 is 0 Å². The van der Waals surface area contributed by atoms with Gasteiger partial charge in [0, 0.05) is 11.6 Å². The number of H-pyrrole nitrogens is 1. The van der Waals surface area contributed by atoms with Crippen molar-refractivity contribution in [3.63, 3.8) is 0 Å². The summed E-state index contributed by atoms with van der Waals surface area (Å²) in [4.78, 5) is 23.3. The van der Waals surface area contributed by atoms with Gasteiger partial charge in [-0.15, -0.1) is 0 Å². The second kappa shape index (κ2) is 6.61. The molecule has 1 fully saturated rings. The molecule has 3 N–H and O–H groups in total. The molecule has 9 nitrogen and oxygen atoms in total. The molecular formula is C16H18N6O3. The number of carbonyl (C=O) groups is 1. The van der Waals surface area contributed by atoms with Crippen molar-refractivity contribution < 1.29 is 14.3 Å². The van der Waals surface area contributed by atoms with Gasteiger partial charge in [-0.05, 0) is 18.2 Å². The van der Waals surface area contributed by atoms with Crippen LogP contribution in [0.4, 0.5) is 0 Å². The highest BCUT2D eigenvalue weighted by Gasteiger charge is 2.21. The molecule has 1 unspecified atom stereocenters. The van der Waals surface area contributed by atoms with E-state index in [0.29, 0.717) is 43.7 Å². The number of amides is 1.